The molecule has 0 amide bonds. The molecule has 2 atom stereocenters. The summed E-state index contributed by atoms with van der Waals surface area (Å²) in [6.07, 6.45) is 30.6. The summed E-state index contributed by atoms with van der Waals surface area (Å²) >= 11 is 0. The lowest BCUT2D eigenvalue weighted by Gasteiger charge is -2.61. The molecule has 0 N–H and O–H groups in total. The zero-order valence-corrected chi connectivity index (χ0v) is 72.5. The Kier molecular flexibility index (Phi) is 37.4. The zero-order chi connectivity index (χ0) is 81.5. The molecular formula is C89H154O18. The third-order valence-corrected chi connectivity index (χ3v) is 26.3. The largest absolute Gasteiger partial charge is 0.462 e. The second-order valence-electron chi connectivity index (χ2n) is 39.2. The third-order valence-electron chi connectivity index (χ3n) is 26.3. The van der Waals surface area contributed by atoms with Crippen LogP contribution < -0.4 is 0 Å². The third kappa shape index (κ3) is 30.3. The number of hydrogen-bond donors (Lipinski definition) is 0. The van der Waals surface area contributed by atoms with Crippen molar-refractivity contribution in [1.29, 1.82) is 0 Å². The Morgan fingerprint density at radius 2 is 0.664 bits per heavy atom. The molecule has 18 nitrogen and oxygen atoms in total. The van der Waals surface area contributed by atoms with E-state index in [0.29, 0.717) is 49.9 Å². The fourth-order valence-corrected chi connectivity index (χ4v) is 15.4. The van der Waals surface area contributed by atoms with Gasteiger partial charge in [-0.2, -0.15) is 0 Å². The molecule has 0 aromatic rings. The monoisotopic (exact) mass is 1510 g/mol. The minimum Gasteiger partial charge on any atom is -0.462 e. The summed E-state index contributed by atoms with van der Waals surface area (Å²) in [6, 6.07) is 0. The number of esters is 8. The van der Waals surface area contributed by atoms with E-state index in [-0.39, 0.29) is 89.0 Å². The molecule has 618 valence electrons. The Morgan fingerprint density at radius 3 is 0.981 bits per heavy atom. The van der Waals surface area contributed by atoms with Gasteiger partial charge in [0.25, 0.3) is 0 Å². The summed E-state index contributed by atoms with van der Waals surface area (Å²) in [6.45, 7) is 51.0. The first-order chi connectivity index (χ1) is 49.3. The predicted molar refractivity (Wildman–Crippen MR) is 420 cm³/mol. The molecule has 0 saturated heterocycles. The Hall–Kier alpha value is -4.90. The minimum atomic E-state index is -0.560. The molecule has 9 fully saturated rings. The SMILES string of the molecule is CCC(C)(C)C(=O)OC1CCC(C(C)(C)C)CC1.CCC(C)(C)C(=O)OC1CCCC1=O.CCC(C)(C)C(=O)OC1CCCC1=O.CCC(C)(C)C(=O)OC1CCCCC1.CCC(C)(C)C(=O)OCC(=O)OC(C)(C)C12CC3CC(CC(C3)C1)C2.CCC(C)(C)C(=O)OCC(=O)OC(C)(C)C1CCC(C)CC1. The fraction of sp³-hybridized carbons (Fsp3) is 0.888. The summed E-state index contributed by atoms with van der Waals surface area (Å²) < 4.78 is 43.4. The van der Waals surface area contributed by atoms with E-state index in [1.165, 1.54) is 83.5 Å². The first-order valence-corrected chi connectivity index (χ1v) is 42.0. The highest BCUT2D eigenvalue weighted by molar-refractivity contribution is 5.89. The van der Waals surface area contributed by atoms with E-state index in [9.17, 15) is 47.9 Å². The summed E-state index contributed by atoms with van der Waals surface area (Å²) in [5.74, 6) is 2.40. The van der Waals surface area contributed by atoms with Crippen LogP contribution in [-0.2, 0) is 85.8 Å². The van der Waals surface area contributed by atoms with E-state index in [0.717, 1.165) is 107 Å². The second kappa shape index (κ2) is 41.6. The average Bonchev–Trinajstić information content (AvgIpc) is 0.867. The Labute approximate surface area is 648 Å². The summed E-state index contributed by atoms with van der Waals surface area (Å²) in [5, 5.41) is 0. The van der Waals surface area contributed by atoms with Crippen molar-refractivity contribution in [2.45, 2.75) is 415 Å². The molecular weight excluding hydrogens is 1360 g/mol. The van der Waals surface area contributed by atoms with Crippen LogP contribution in [-0.4, -0.2) is 108 Å². The second-order valence-corrected chi connectivity index (χ2v) is 39.2. The van der Waals surface area contributed by atoms with E-state index >= 15 is 0 Å². The molecule has 9 rings (SSSR count). The Bertz CT molecular complexity index is 2770. The van der Waals surface area contributed by atoms with Gasteiger partial charge in [-0.3, -0.25) is 38.4 Å². The standard InChI is InChI=1S/C21H34O4.C18H32O4.C16H30O2.C12H22O2.2C11H18O3/c1-6-19(2,3)18(23)24-13-17(22)25-20(4,5)21-10-14-7-15(11-21)9-16(8-14)12-21;1-7-17(3,4)16(20)21-12-15(19)22-18(5,6)14-10-8-13(2)9-11-14;1-7-16(5,6)14(17)18-13-10-8-12(9-11-13)15(2,3)4;1-4-12(2,3)11(13)14-10-8-6-5-7-9-10;2*1-4-11(2,3)10(13)14-9-7-5-6-8(9)12/h14-16H,6-13H2,1-5H3;13-14H,7-12H2,1-6H3;12-13H,7-11H2,1-6H3;10H,4-9H2,1-3H3;2*9H,4-7H2,1-3H3. The van der Waals surface area contributed by atoms with Gasteiger partial charge in [-0.15, -0.1) is 0 Å². The Balaban J connectivity index is 0.000000338. The first kappa shape index (κ1) is 96.3. The highest BCUT2D eigenvalue weighted by Crippen LogP contribution is 2.64. The van der Waals surface area contributed by atoms with Crippen LogP contribution in [0.25, 0.3) is 0 Å². The lowest BCUT2D eigenvalue weighted by Crippen LogP contribution is -2.57. The van der Waals surface area contributed by atoms with Gasteiger partial charge in [0.15, 0.2) is 37.0 Å². The topological polar surface area (TPSA) is 245 Å². The molecule has 0 aromatic heterocycles. The summed E-state index contributed by atoms with van der Waals surface area (Å²) in [4.78, 5) is 118. The highest BCUT2D eigenvalue weighted by atomic mass is 16.6. The molecule has 9 aliphatic rings. The number of Topliss-reactive ketones (excluding diaryl/α,β-unsaturated/α-hetero) is 2. The smallest absolute Gasteiger partial charge is 0.344 e. The molecule has 9 saturated carbocycles. The van der Waals surface area contributed by atoms with Gasteiger partial charge in [-0.1, -0.05) is 88.5 Å². The first-order valence-electron chi connectivity index (χ1n) is 42.0. The summed E-state index contributed by atoms with van der Waals surface area (Å²) in [7, 11) is 0. The molecule has 0 heterocycles. The van der Waals surface area contributed by atoms with Crippen LogP contribution in [0, 0.1) is 78.8 Å². The number of carbonyl (C=O) groups excluding carboxylic acids is 10. The molecule has 2 unspecified atom stereocenters. The van der Waals surface area contributed by atoms with Crippen molar-refractivity contribution in [3.8, 4) is 0 Å². The zero-order valence-electron chi connectivity index (χ0n) is 72.5. The van der Waals surface area contributed by atoms with Crippen LogP contribution in [0.2, 0.25) is 0 Å². The Morgan fingerprint density at radius 1 is 0.355 bits per heavy atom. The van der Waals surface area contributed by atoms with Crippen LogP contribution in [0.5, 0.6) is 0 Å². The molecule has 9 aliphatic carbocycles. The fourth-order valence-electron chi connectivity index (χ4n) is 15.4. The molecule has 0 aliphatic heterocycles. The van der Waals surface area contributed by atoms with Crippen molar-refractivity contribution in [1.82, 2.24) is 0 Å². The molecule has 107 heavy (non-hydrogen) atoms. The van der Waals surface area contributed by atoms with E-state index < -0.39 is 57.0 Å². The maximum atomic E-state index is 12.4. The van der Waals surface area contributed by atoms with Gasteiger partial charge in [0.2, 0.25) is 0 Å². The normalized spacial score (nSPS) is 25.5. The molecule has 0 radical (unpaired) electrons. The molecule has 0 aromatic carbocycles. The van der Waals surface area contributed by atoms with Gasteiger partial charge < -0.3 is 37.9 Å². The van der Waals surface area contributed by atoms with E-state index in [1.54, 1.807) is 0 Å². The van der Waals surface area contributed by atoms with Crippen LogP contribution in [0.3, 0.4) is 0 Å². The maximum absolute atomic E-state index is 12.4. The number of ether oxygens (including phenoxy) is 8. The minimum absolute atomic E-state index is 0.0214. The molecule has 4 bridgehead atoms. The lowest BCUT2D eigenvalue weighted by molar-refractivity contribution is -0.203. The van der Waals surface area contributed by atoms with Gasteiger partial charge in [-0.05, 0) is 319 Å². The molecule has 18 heteroatoms. The van der Waals surface area contributed by atoms with Crippen LogP contribution in [0.4, 0.5) is 0 Å². The number of hydrogen-bond acceptors (Lipinski definition) is 18. The number of ketones is 2. The lowest BCUT2D eigenvalue weighted by atomic mass is 9.46. The average molecular weight is 1510 g/mol. The van der Waals surface area contributed by atoms with Crippen molar-refractivity contribution in [2.75, 3.05) is 13.2 Å². The van der Waals surface area contributed by atoms with Crippen molar-refractivity contribution in [2.24, 2.45) is 78.8 Å². The van der Waals surface area contributed by atoms with Crippen molar-refractivity contribution in [3.63, 3.8) is 0 Å². The van der Waals surface area contributed by atoms with Gasteiger partial charge in [0.1, 0.15) is 23.4 Å². The summed E-state index contributed by atoms with van der Waals surface area (Å²) in [5.41, 5.74) is -3.19. The van der Waals surface area contributed by atoms with Crippen molar-refractivity contribution >= 4 is 59.3 Å². The van der Waals surface area contributed by atoms with E-state index in [4.69, 9.17) is 37.9 Å². The highest BCUT2D eigenvalue weighted by Gasteiger charge is 2.59. The van der Waals surface area contributed by atoms with Gasteiger partial charge in [0, 0.05) is 18.3 Å². The van der Waals surface area contributed by atoms with E-state index in [2.05, 4.69) is 41.5 Å². The number of rotatable bonds is 24. The van der Waals surface area contributed by atoms with Crippen LogP contribution in [0.15, 0.2) is 0 Å². The predicted octanol–water partition coefficient (Wildman–Crippen LogP) is 20.7. The number of carbonyl (C=O) groups is 10. The maximum Gasteiger partial charge on any atom is 0.344 e. The van der Waals surface area contributed by atoms with Gasteiger partial charge >= 0.3 is 47.8 Å². The van der Waals surface area contributed by atoms with Gasteiger partial charge in [-0.25, -0.2) is 9.59 Å². The van der Waals surface area contributed by atoms with Crippen molar-refractivity contribution in [3.05, 3.63) is 0 Å². The molecule has 0 spiro atoms. The quantitative estimate of drug-likeness (QED) is 0.0644. The van der Waals surface area contributed by atoms with Crippen LogP contribution >= 0.6 is 0 Å². The van der Waals surface area contributed by atoms with Crippen LogP contribution in [0.1, 0.15) is 379 Å². The van der Waals surface area contributed by atoms with Crippen molar-refractivity contribution < 1.29 is 85.8 Å². The van der Waals surface area contributed by atoms with Gasteiger partial charge in [0.05, 0.1) is 32.5 Å². The van der Waals surface area contributed by atoms with E-state index in [1.807, 2.05) is 138 Å².